The van der Waals surface area contributed by atoms with E-state index in [0.717, 1.165) is 37.2 Å². The molecule has 1 N–H and O–H groups in total. The van der Waals surface area contributed by atoms with E-state index in [-0.39, 0.29) is 22.5 Å². The average Bonchev–Trinajstić information content (AvgIpc) is 2.84. The van der Waals surface area contributed by atoms with E-state index in [9.17, 15) is 10.1 Å². The first kappa shape index (κ1) is 25.0. The number of pyridine rings is 1. The topological polar surface area (TPSA) is 78.2 Å². The number of carbonyl (C=O) groups excluding carboxylic acids is 1. The molecule has 1 aromatic carbocycles. The summed E-state index contributed by atoms with van der Waals surface area (Å²) in [4.78, 5) is 19.2. The first-order valence-electron chi connectivity index (χ1n) is 11.2. The molecule has 0 radical (unpaired) electrons. The molecule has 1 unspecified atom stereocenters. The number of ether oxygens (including phenoxy) is 1. The molecule has 2 heterocycles. The summed E-state index contributed by atoms with van der Waals surface area (Å²) < 4.78 is 5.92. The number of halogens is 2. The Morgan fingerprint density at radius 1 is 1.21 bits per heavy atom. The predicted molar refractivity (Wildman–Crippen MR) is 131 cm³/mol. The van der Waals surface area contributed by atoms with Gasteiger partial charge >= 0.3 is 0 Å². The second-order valence-electron chi connectivity index (χ2n) is 8.01. The van der Waals surface area contributed by atoms with Crippen LogP contribution in [0.5, 0.6) is 5.75 Å². The van der Waals surface area contributed by atoms with Crippen LogP contribution in [-0.4, -0.2) is 35.6 Å². The first-order chi connectivity index (χ1) is 16.0. The Morgan fingerprint density at radius 2 is 1.94 bits per heavy atom. The molecule has 33 heavy (non-hydrogen) atoms. The fourth-order valence-corrected chi connectivity index (χ4v) is 4.03. The fourth-order valence-electron chi connectivity index (χ4n) is 3.72. The van der Waals surface area contributed by atoms with Crippen LogP contribution in [0.1, 0.15) is 56.3 Å². The van der Waals surface area contributed by atoms with E-state index in [1.165, 1.54) is 25.3 Å². The zero-order chi connectivity index (χ0) is 23.6. The summed E-state index contributed by atoms with van der Waals surface area (Å²) in [5.74, 6) is 0.310. The predicted octanol–water partition coefficient (Wildman–Crippen LogP) is 5.78. The molecule has 8 heteroatoms. The van der Waals surface area contributed by atoms with Gasteiger partial charge in [0.25, 0.3) is 5.91 Å². The maximum Gasteiger partial charge on any atom is 0.262 e. The highest BCUT2D eigenvalue weighted by Gasteiger charge is 2.18. The van der Waals surface area contributed by atoms with Crippen molar-refractivity contribution in [3.8, 4) is 11.8 Å². The Morgan fingerprint density at radius 3 is 2.61 bits per heavy atom. The Bertz CT molecular complexity index is 1010. The van der Waals surface area contributed by atoms with Gasteiger partial charge in [-0.1, -0.05) is 55.1 Å². The third kappa shape index (κ3) is 7.46. The van der Waals surface area contributed by atoms with Gasteiger partial charge in [-0.15, -0.1) is 0 Å². The van der Waals surface area contributed by atoms with Crippen LogP contribution in [0.4, 0.5) is 0 Å². The van der Waals surface area contributed by atoms with Crippen LogP contribution in [0.15, 0.2) is 42.0 Å². The summed E-state index contributed by atoms with van der Waals surface area (Å²) in [5, 5.41) is 13.0. The van der Waals surface area contributed by atoms with Crippen LogP contribution in [0.25, 0.3) is 6.08 Å². The van der Waals surface area contributed by atoms with Crippen molar-refractivity contribution in [3.63, 3.8) is 0 Å². The lowest BCUT2D eigenvalue weighted by atomic mass is 10.0. The van der Waals surface area contributed by atoms with E-state index in [2.05, 4.69) is 15.2 Å². The number of aromatic nitrogens is 1. The summed E-state index contributed by atoms with van der Waals surface area (Å²) in [6.45, 7) is 4.79. The highest BCUT2D eigenvalue weighted by atomic mass is 35.5. The normalized spacial score (nSPS) is 15.5. The quantitative estimate of drug-likeness (QED) is 0.276. The number of hydrogen-bond donors (Lipinski definition) is 1. The lowest BCUT2D eigenvalue weighted by molar-refractivity contribution is -0.117. The van der Waals surface area contributed by atoms with Crippen molar-refractivity contribution in [1.82, 2.24) is 15.2 Å². The number of piperidine rings is 1. The summed E-state index contributed by atoms with van der Waals surface area (Å²) in [6.07, 6.45) is 6.68. The second kappa shape index (κ2) is 12.6. The number of hydrogen-bond acceptors (Lipinski definition) is 5. The van der Waals surface area contributed by atoms with Gasteiger partial charge in [-0.2, -0.15) is 5.26 Å². The summed E-state index contributed by atoms with van der Waals surface area (Å²) in [6, 6.07) is 12.6. The number of likely N-dealkylation sites (tertiary alicyclic amines) is 1. The van der Waals surface area contributed by atoms with Crippen LogP contribution >= 0.6 is 23.2 Å². The van der Waals surface area contributed by atoms with E-state index in [0.29, 0.717) is 11.8 Å². The van der Waals surface area contributed by atoms with Crippen molar-refractivity contribution in [3.05, 3.63) is 63.4 Å². The molecule has 1 aliphatic rings. The Labute approximate surface area is 205 Å². The maximum atomic E-state index is 12.8. The van der Waals surface area contributed by atoms with Crippen LogP contribution in [-0.2, 0) is 4.79 Å². The van der Waals surface area contributed by atoms with Gasteiger partial charge < -0.3 is 10.1 Å². The lowest BCUT2D eigenvalue weighted by Gasteiger charge is -2.26. The van der Waals surface area contributed by atoms with Crippen molar-refractivity contribution in [2.45, 2.75) is 45.1 Å². The summed E-state index contributed by atoms with van der Waals surface area (Å²) in [5.41, 5.74) is 1.14. The molecule has 0 aliphatic carbocycles. The molecule has 3 rings (SSSR count). The van der Waals surface area contributed by atoms with Gasteiger partial charge in [0.05, 0.1) is 16.8 Å². The molecule has 1 saturated heterocycles. The number of nitrogens with one attached hydrogen (secondary N) is 1. The molecule has 1 atom stereocenters. The Kier molecular flexibility index (Phi) is 9.56. The smallest absolute Gasteiger partial charge is 0.262 e. The van der Waals surface area contributed by atoms with E-state index in [4.69, 9.17) is 27.9 Å². The first-order valence-corrected chi connectivity index (χ1v) is 12.0. The Hall–Kier alpha value is -2.59. The molecular weight excluding hydrogens is 459 g/mol. The molecule has 1 aromatic heterocycles. The number of rotatable bonds is 9. The molecule has 174 valence electrons. The Balaban J connectivity index is 1.67. The van der Waals surface area contributed by atoms with Gasteiger partial charge in [-0.3, -0.25) is 9.69 Å². The van der Waals surface area contributed by atoms with Gasteiger partial charge in [0.2, 0.25) is 0 Å². The van der Waals surface area contributed by atoms with Crippen molar-refractivity contribution in [1.29, 1.82) is 5.26 Å². The summed E-state index contributed by atoms with van der Waals surface area (Å²) in [7, 11) is 0. The number of carbonyl (C=O) groups is 1. The zero-order valence-electron chi connectivity index (χ0n) is 18.7. The maximum absolute atomic E-state index is 12.8. The highest BCUT2D eigenvalue weighted by molar-refractivity contribution is 6.33. The number of benzene rings is 1. The van der Waals surface area contributed by atoms with Gasteiger partial charge in [0, 0.05) is 13.1 Å². The summed E-state index contributed by atoms with van der Waals surface area (Å²) >= 11 is 12.0. The van der Waals surface area contributed by atoms with Gasteiger partial charge in [0.15, 0.2) is 0 Å². The molecule has 0 bridgehead atoms. The number of nitrogens with zero attached hydrogens (tertiary/aromatic N) is 3. The third-order valence-electron chi connectivity index (χ3n) is 5.51. The van der Waals surface area contributed by atoms with E-state index >= 15 is 0 Å². The minimum absolute atomic E-state index is 0.0887. The minimum Gasteiger partial charge on any atom is -0.478 e. The fraction of sp³-hybridized carbons (Fsp3) is 0.400. The lowest BCUT2D eigenvalue weighted by Crippen LogP contribution is -2.33. The minimum atomic E-state index is -0.487. The van der Waals surface area contributed by atoms with Crippen LogP contribution in [0.3, 0.4) is 0 Å². The molecule has 0 spiro atoms. The van der Waals surface area contributed by atoms with Gasteiger partial charge in [-0.25, -0.2) is 4.98 Å². The zero-order valence-corrected chi connectivity index (χ0v) is 20.2. The van der Waals surface area contributed by atoms with Crippen molar-refractivity contribution in [2.24, 2.45) is 0 Å². The van der Waals surface area contributed by atoms with Gasteiger partial charge in [-0.05, 0) is 55.2 Å². The second-order valence-corrected chi connectivity index (χ2v) is 8.80. The molecule has 0 saturated carbocycles. The standard InChI is InChI=1S/C25H28Cl2N4O2/c1-2-6-22(18-7-9-20(10-8-18)33-17-31-13-4-3-5-14-31)30-25(32)19(16-28)15-23-21(26)11-12-24(27)29-23/h7-12,15,22H,2-6,13-14,17H2,1H3,(H,30,32)/b19-15+. The van der Waals surface area contributed by atoms with E-state index in [1.807, 2.05) is 37.3 Å². The average molecular weight is 487 g/mol. The monoisotopic (exact) mass is 486 g/mol. The van der Waals surface area contributed by atoms with Crippen molar-refractivity contribution < 1.29 is 9.53 Å². The van der Waals surface area contributed by atoms with E-state index in [1.54, 1.807) is 12.1 Å². The van der Waals surface area contributed by atoms with Crippen molar-refractivity contribution in [2.75, 3.05) is 19.8 Å². The van der Waals surface area contributed by atoms with Crippen LogP contribution in [0, 0.1) is 11.3 Å². The van der Waals surface area contributed by atoms with E-state index < -0.39 is 5.91 Å². The van der Waals surface area contributed by atoms with Gasteiger partial charge in [0.1, 0.15) is 29.3 Å². The molecule has 1 aliphatic heterocycles. The largest absolute Gasteiger partial charge is 0.478 e. The highest BCUT2D eigenvalue weighted by Crippen LogP contribution is 2.24. The molecule has 1 fully saturated rings. The SMILES string of the molecule is CCCC(NC(=O)/C(C#N)=C/c1nc(Cl)ccc1Cl)c1ccc(OCN2CCCCC2)cc1. The number of amides is 1. The van der Waals surface area contributed by atoms with Crippen molar-refractivity contribution >= 4 is 35.2 Å². The molecular formula is C25H28Cl2N4O2. The number of nitriles is 1. The third-order valence-corrected chi connectivity index (χ3v) is 6.04. The molecule has 6 nitrogen and oxygen atoms in total. The molecule has 2 aromatic rings. The van der Waals surface area contributed by atoms with Crippen LogP contribution < -0.4 is 10.1 Å². The molecule has 1 amide bonds. The van der Waals surface area contributed by atoms with Crippen LogP contribution in [0.2, 0.25) is 10.2 Å².